The second kappa shape index (κ2) is 12.7. The molecular formula is C32H18F3N3O3Pd. The minimum absolute atomic E-state index is 0. The number of rotatable bonds is 8. The van der Waals surface area contributed by atoms with Crippen LogP contribution >= 0.6 is 0 Å². The zero-order chi connectivity index (χ0) is 28.2. The van der Waals surface area contributed by atoms with E-state index >= 15 is 0 Å². The van der Waals surface area contributed by atoms with Crippen LogP contribution in [0.15, 0.2) is 114 Å². The minimum Gasteiger partial charge on any atom is -0.500 e. The number of hydrogen-bond donors (Lipinski definition) is 0. The molecule has 6 aromatic rings. The molecule has 6 nitrogen and oxygen atoms in total. The monoisotopic (exact) mass is 655 g/mol. The fourth-order valence-electron chi connectivity index (χ4n) is 4.07. The first kappa shape index (κ1) is 28.6. The molecule has 0 atom stereocenters. The summed E-state index contributed by atoms with van der Waals surface area (Å²) in [5.74, 6) is -5.48. The van der Waals surface area contributed by atoms with Crippen LogP contribution < -0.4 is 14.4 Å². The van der Waals surface area contributed by atoms with Gasteiger partial charge in [0, 0.05) is 35.1 Å². The van der Waals surface area contributed by atoms with Crippen LogP contribution in [0, 0.1) is 29.6 Å². The third kappa shape index (κ3) is 6.05. The Balaban J connectivity index is 0.00000353. The van der Waals surface area contributed by atoms with Crippen LogP contribution in [0.5, 0.6) is 23.1 Å². The summed E-state index contributed by atoms with van der Waals surface area (Å²) < 4.78 is 60.8. The quantitative estimate of drug-likeness (QED) is 0.0928. The Labute approximate surface area is 252 Å². The fourth-order valence-corrected chi connectivity index (χ4v) is 4.07. The van der Waals surface area contributed by atoms with E-state index in [4.69, 9.17) is 13.9 Å². The van der Waals surface area contributed by atoms with Crippen molar-refractivity contribution in [1.29, 1.82) is 0 Å². The van der Waals surface area contributed by atoms with Gasteiger partial charge in [-0.1, -0.05) is 60.3 Å². The SMILES string of the molecule is Fc1c(Oc2[c-]c(Oc3ccccn3)cc(N(c3ccccc3)c3ccccc3)c2)[c-]c(-c2ncco2)c(F)c1F.[Pd+2]. The van der Waals surface area contributed by atoms with E-state index < -0.39 is 28.8 Å². The van der Waals surface area contributed by atoms with Gasteiger partial charge in [0.05, 0.1) is 24.0 Å². The second-order valence-corrected chi connectivity index (χ2v) is 8.55. The predicted octanol–water partition coefficient (Wildman–Crippen LogP) is 8.81. The second-order valence-electron chi connectivity index (χ2n) is 8.55. The molecule has 0 amide bonds. The molecule has 4 aromatic carbocycles. The topological polar surface area (TPSA) is 60.6 Å². The standard InChI is InChI=1S/C32H18F3N3O3.Pd/c33-29-26(32-37-15-16-39-32)20-27(30(34)31(29)35)40-24-17-23(18-25(19-24)41-28-13-7-8-14-36-28)38(21-9-3-1-4-10-21)22-11-5-2-6-12-22;/h1-18H;/q-2;+2. The number of halogens is 3. The van der Waals surface area contributed by atoms with E-state index in [0.717, 1.165) is 11.4 Å². The smallest absolute Gasteiger partial charge is 0.500 e. The Morgan fingerprint density at radius 2 is 1.29 bits per heavy atom. The number of nitrogens with zero attached hydrogens (tertiary/aromatic N) is 3. The summed E-state index contributed by atoms with van der Waals surface area (Å²) in [4.78, 5) is 9.90. The molecule has 0 aliphatic heterocycles. The number of para-hydroxylation sites is 2. The Morgan fingerprint density at radius 3 is 1.88 bits per heavy atom. The summed E-state index contributed by atoms with van der Waals surface area (Å²) >= 11 is 0. The summed E-state index contributed by atoms with van der Waals surface area (Å²) in [7, 11) is 0. The van der Waals surface area contributed by atoms with Crippen LogP contribution in [0.1, 0.15) is 0 Å². The molecule has 210 valence electrons. The summed E-state index contributed by atoms with van der Waals surface area (Å²) in [5, 5.41) is 0. The molecule has 0 saturated carbocycles. The zero-order valence-electron chi connectivity index (χ0n) is 21.4. The van der Waals surface area contributed by atoms with Crippen molar-refractivity contribution in [3.8, 4) is 34.6 Å². The number of aromatic nitrogens is 2. The third-order valence-corrected chi connectivity index (χ3v) is 5.84. The molecule has 2 heterocycles. The van der Waals surface area contributed by atoms with Gasteiger partial charge in [-0.2, -0.15) is 0 Å². The van der Waals surface area contributed by atoms with Crippen LogP contribution in [0.4, 0.5) is 30.2 Å². The van der Waals surface area contributed by atoms with E-state index in [9.17, 15) is 13.2 Å². The Hall–Kier alpha value is -4.91. The van der Waals surface area contributed by atoms with Gasteiger partial charge >= 0.3 is 20.4 Å². The molecular weight excluding hydrogens is 638 g/mol. The Kier molecular flexibility index (Phi) is 8.67. The number of anilines is 3. The first-order valence-electron chi connectivity index (χ1n) is 12.3. The predicted molar refractivity (Wildman–Crippen MR) is 145 cm³/mol. The minimum atomic E-state index is -1.76. The molecule has 42 heavy (non-hydrogen) atoms. The fraction of sp³-hybridized carbons (Fsp3) is 0. The average molecular weight is 656 g/mol. The van der Waals surface area contributed by atoms with E-state index in [1.807, 2.05) is 65.6 Å². The van der Waals surface area contributed by atoms with Crippen LogP contribution in [0.3, 0.4) is 0 Å². The van der Waals surface area contributed by atoms with Gasteiger partial charge in [0.1, 0.15) is 17.5 Å². The van der Waals surface area contributed by atoms with Crippen molar-refractivity contribution < 1.29 is 47.5 Å². The summed E-state index contributed by atoms with van der Waals surface area (Å²) in [6, 6.07) is 32.7. The molecule has 0 aliphatic carbocycles. The van der Waals surface area contributed by atoms with Gasteiger partial charge < -0.3 is 18.8 Å². The van der Waals surface area contributed by atoms with Crippen molar-refractivity contribution in [2.75, 3.05) is 4.90 Å². The first-order valence-corrected chi connectivity index (χ1v) is 12.3. The van der Waals surface area contributed by atoms with Gasteiger partial charge in [0.15, 0.2) is 0 Å². The molecule has 0 bridgehead atoms. The van der Waals surface area contributed by atoms with Crippen LogP contribution in [-0.4, -0.2) is 9.97 Å². The van der Waals surface area contributed by atoms with Gasteiger partial charge in [-0.3, -0.25) is 13.8 Å². The van der Waals surface area contributed by atoms with E-state index in [1.54, 1.807) is 36.5 Å². The first-order chi connectivity index (χ1) is 20.1. The van der Waals surface area contributed by atoms with Crippen LogP contribution in [0.25, 0.3) is 11.5 Å². The van der Waals surface area contributed by atoms with Gasteiger partial charge in [-0.05, 0) is 35.9 Å². The maximum Gasteiger partial charge on any atom is 2.00 e. The molecule has 0 radical (unpaired) electrons. The number of hydrogen-bond acceptors (Lipinski definition) is 6. The molecule has 0 fully saturated rings. The largest absolute Gasteiger partial charge is 2.00 e. The van der Waals surface area contributed by atoms with E-state index in [0.29, 0.717) is 5.69 Å². The van der Waals surface area contributed by atoms with Crippen molar-refractivity contribution in [3.63, 3.8) is 0 Å². The van der Waals surface area contributed by atoms with Crippen molar-refractivity contribution >= 4 is 17.1 Å². The molecule has 0 spiro atoms. The normalized spacial score (nSPS) is 10.5. The van der Waals surface area contributed by atoms with Crippen molar-refractivity contribution in [2.45, 2.75) is 0 Å². The molecule has 2 aromatic heterocycles. The molecule has 0 unspecified atom stereocenters. The molecule has 0 aliphatic rings. The number of oxazole rings is 1. The summed E-state index contributed by atoms with van der Waals surface area (Å²) in [6.45, 7) is 0. The molecule has 10 heteroatoms. The van der Waals surface area contributed by atoms with Crippen molar-refractivity contribution in [3.05, 3.63) is 139 Å². The molecule has 6 rings (SSSR count). The maximum absolute atomic E-state index is 14.9. The molecule has 0 N–H and O–H groups in total. The van der Waals surface area contributed by atoms with Gasteiger partial charge in [0.2, 0.25) is 5.88 Å². The summed E-state index contributed by atoms with van der Waals surface area (Å²) in [6.07, 6.45) is 3.97. The number of benzene rings is 4. The third-order valence-electron chi connectivity index (χ3n) is 5.84. The van der Waals surface area contributed by atoms with Crippen molar-refractivity contribution in [1.82, 2.24) is 9.97 Å². The van der Waals surface area contributed by atoms with Gasteiger partial charge in [-0.25, -0.2) is 9.37 Å². The van der Waals surface area contributed by atoms with Gasteiger partial charge in [0.25, 0.3) is 0 Å². The average Bonchev–Trinajstić information content (AvgIpc) is 3.54. The number of pyridine rings is 1. The Morgan fingerprint density at radius 1 is 0.643 bits per heavy atom. The molecule has 0 saturated heterocycles. The van der Waals surface area contributed by atoms with E-state index in [2.05, 4.69) is 22.1 Å². The van der Waals surface area contributed by atoms with Gasteiger partial charge in [-0.15, -0.1) is 12.1 Å². The van der Waals surface area contributed by atoms with Crippen molar-refractivity contribution in [2.24, 2.45) is 0 Å². The maximum atomic E-state index is 14.9. The zero-order valence-corrected chi connectivity index (χ0v) is 23.0. The number of ether oxygens (including phenoxy) is 2. The Bertz CT molecular complexity index is 1740. The van der Waals surface area contributed by atoms with Crippen LogP contribution in [-0.2, 0) is 20.4 Å². The van der Waals surface area contributed by atoms with E-state index in [-0.39, 0.29) is 43.7 Å². The van der Waals surface area contributed by atoms with Crippen LogP contribution in [0.2, 0.25) is 0 Å². The summed E-state index contributed by atoms with van der Waals surface area (Å²) in [5.41, 5.74) is 1.62. The van der Waals surface area contributed by atoms with E-state index in [1.165, 1.54) is 12.5 Å².